The van der Waals surface area contributed by atoms with Crippen molar-refractivity contribution in [3.63, 3.8) is 0 Å². The molecule has 1 saturated heterocycles. The van der Waals surface area contributed by atoms with Crippen molar-refractivity contribution in [2.24, 2.45) is 5.73 Å². The van der Waals surface area contributed by atoms with Crippen LogP contribution in [0, 0.1) is 11.3 Å². The minimum atomic E-state index is -0.774. The first-order valence-corrected chi connectivity index (χ1v) is 9.29. The zero-order valence-corrected chi connectivity index (χ0v) is 16.7. The molecule has 0 radical (unpaired) electrons. The molecule has 3 N–H and O–H groups in total. The molecule has 9 heteroatoms. The predicted molar refractivity (Wildman–Crippen MR) is 109 cm³/mol. The van der Waals surface area contributed by atoms with Crippen LogP contribution in [0.2, 0.25) is 0 Å². The quantitative estimate of drug-likeness (QED) is 0.603. The van der Waals surface area contributed by atoms with Crippen LogP contribution in [-0.2, 0) is 9.53 Å². The minimum Gasteiger partial charge on any atom is -0.444 e. The number of aromatic nitrogens is 2. The maximum Gasteiger partial charge on any atom is 0.410 e. The van der Waals surface area contributed by atoms with Gasteiger partial charge in [0.1, 0.15) is 22.9 Å². The lowest BCUT2D eigenvalue weighted by Crippen LogP contribution is -2.50. The summed E-state index contributed by atoms with van der Waals surface area (Å²) in [5.41, 5.74) is 6.79. The second kappa shape index (κ2) is 7.83. The van der Waals surface area contributed by atoms with Gasteiger partial charge < -0.3 is 25.3 Å². The van der Waals surface area contributed by atoms with Crippen LogP contribution >= 0.6 is 0 Å². The summed E-state index contributed by atoms with van der Waals surface area (Å²) in [5.74, 6) is -0.774. The monoisotopic (exact) mass is 396 g/mol. The molecule has 152 valence electrons. The number of pyridine rings is 1. The van der Waals surface area contributed by atoms with Gasteiger partial charge in [-0.1, -0.05) is 0 Å². The van der Waals surface area contributed by atoms with Crippen LogP contribution < -0.4 is 10.6 Å². The number of hydrogen-bond acceptors (Lipinski definition) is 6. The summed E-state index contributed by atoms with van der Waals surface area (Å²) in [6.07, 6.45) is 4.59. The van der Waals surface area contributed by atoms with Crippen molar-refractivity contribution in [3.05, 3.63) is 29.6 Å². The average Bonchev–Trinajstić information content (AvgIpc) is 3.06. The number of ether oxygens (including phenoxy) is 1. The van der Waals surface area contributed by atoms with E-state index in [1.54, 1.807) is 23.4 Å². The number of aromatic amines is 1. The summed E-state index contributed by atoms with van der Waals surface area (Å²) >= 11 is 0. The van der Waals surface area contributed by atoms with Gasteiger partial charge in [-0.05, 0) is 32.9 Å². The summed E-state index contributed by atoms with van der Waals surface area (Å²) < 4.78 is 5.43. The first-order chi connectivity index (χ1) is 13.7. The Morgan fingerprint density at radius 1 is 1.31 bits per heavy atom. The zero-order chi connectivity index (χ0) is 21.2. The van der Waals surface area contributed by atoms with E-state index in [-0.39, 0.29) is 11.7 Å². The highest BCUT2D eigenvalue weighted by molar-refractivity contribution is 6.03. The zero-order valence-electron chi connectivity index (χ0n) is 16.7. The fourth-order valence-corrected chi connectivity index (χ4v) is 3.09. The van der Waals surface area contributed by atoms with Crippen LogP contribution in [0.5, 0.6) is 0 Å². The fraction of sp³-hybridized carbons (Fsp3) is 0.400. The smallest absolute Gasteiger partial charge is 0.410 e. The largest absolute Gasteiger partial charge is 0.444 e. The second-order valence-electron chi connectivity index (χ2n) is 7.82. The van der Waals surface area contributed by atoms with Gasteiger partial charge in [-0.15, -0.1) is 0 Å². The van der Waals surface area contributed by atoms with Crippen LogP contribution in [0.3, 0.4) is 0 Å². The molecule has 2 aromatic rings. The number of H-pyrrole nitrogens is 1. The molecule has 0 saturated carbocycles. The Balaban J connectivity index is 1.77. The van der Waals surface area contributed by atoms with E-state index >= 15 is 0 Å². The standard InChI is InChI=1S/C20H24N6O3/c1-20(2,3)29-19(28)26-6-4-25(5-7-26)15-9-16-14(8-13(10-21)17(22)27)11-23-18(16)24-12-15/h8-9,11-12H,4-7H2,1-3H3,(H2,22,27)(H,23,24). The van der Waals surface area contributed by atoms with E-state index in [2.05, 4.69) is 14.9 Å². The molecule has 2 amide bonds. The van der Waals surface area contributed by atoms with Crippen molar-refractivity contribution in [3.8, 4) is 6.07 Å². The maximum atomic E-state index is 12.2. The number of nitriles is 1. The highest BCUT2D eigenvalue weighted by Crippen LogP contribution is 2.25. The van der Waals surface area contributed by atoms with Crippen molar-refractivity contribution >= 4 is 34.8 Å². The van der Waals surface area contributed by atoms with Crippen molar-refractivity contribution in [1.82, 2.24) is 14.9 Å². The molecule has 1 aliphatic rings. The number of rotatable bonds is 3. The number of carbonyl (C=O) groups excluding carboxylic acids is 2. The van der Waals surface area contributed by atoms with E-state index in [0.717, 1.165) is 11.1 Å². The number of amides is 2. The molecule has 0 atom stereocenters. The predicted octanol–water partition coefficient (Wildman–Crippen LogP) is 2.01. The van der Waals surface area contributed by atoms with Crippen molar-refractivity contribution in [1.29, 1.82) is 5.26 Å². The number of hydrogen-bond donors (Lipinski definition) is 2. The summed E-state index contributed by atoms with van der Waals surface area (Å²) in [6.45, 7) is 7.93. The van der Waals surface area contributed by atoms with Gasteiger partial charge in [-0.3, -0.25) is 4.79 Å². The van der Waals surface area contributed by atoms with Gasteiger partial charge >= 0.3 is 6.09 Å². The van der Waals surface area contributed by atoms with Crippen LogP contribution in [0.1, 0.15) is 26.3 Å². The van der Waals surface area contributed by atoms with E-state index < -0.39 is 11.5 Å². The SMILES string of the molecule is CC(C)(C)OC(=O)N1CCN(c2cnc3[nH]cc(C=C(C#N)C(N)=O)c3c2)CC1. The molecule has 9 nitrogen and oxygen atoms in total. The van der Waals surface area contributed by atoms with E-state index in [4.69, 9.17) is 15.7 Å². The van der Waals surface area contributed by atoms with Gasteiger partial charge in [0.05, 0.1) is 11.9 Å². The number of nitrogens with zero attached hydrogens (tertiary/aromatic N) is 4. The number of nitrogens with two attached hydrogens (primary N) is 1. The van der Waals surface area contributed by atoms with Crippen LogP contribution in [0.4, 0.5) is 10.5 Å². The summed E-state index contributed by atoms with van der Waals surface area (Å²) in [6, 6.07) is 3.75. The number of piperazine rings is 1. The molecule has 3 heterocycles. The van der Waals surface area contributed by atoms with Crippen LogP contribution in [0.25, 0.3) is 17.1 Å². The summed E-state index contributed by atoms with van der Waals surface area (Å²) in [5, 5.41) is 9.85. The van der Waals surface area contributed by atoms with Gasteiger partial charge in [-0.2, -0.15) is 5.26 Å². The lowest BCUT2D eigenvalue weighted by atomic mass is 10.1. The molecular formula is C20H24N6O3. The minimum absolute atomic E-state index is 0.123. The normalized spacial score (nSPS) is 15.3. The first kappa shape index (κ1) is 20.2. The first-order valence-electron chi connectivity index (χ1n) is 9.29. The third-order valence-corrected chi connectivity index (χ3v) is 4.53. The average molecular weight is 396 g/mol. The van der Waals surface area contributed by atoms with Crippen molar-refractivity contribution < 1.29 is 14.3 Å². The molecule has 1 fully saturated rings. The van der Waals surface area contributed by atoms with Crippen molar-refractivity contribution in [2.75, 3.05) is 31.1 Å². The maximum absolute atomic E-state index is 12.2. The Morgan fingerprint density at radius 3 is 2.59 bits per heavy atom. The molecule has 0 spiro atoms. The van der Waals surface area contributed by atoms with E-state index in [0.29, 0.717) is 37.4 Å². The van der Waals surface area contributed by atoms with Crippen LogP contribution in [-0.4, -0.2) is 58.6 Å². The summed E-state index contributed by atoms with van der Waals surface area (Å²) in [7, 11) is 0. The molecule has 0 aliphatic carbocycles. The number of fused-ring (bicyclic) bond motifs is 1. The van der Waals surface area contributed by atoms with E-state index in [1.165, 1.54) is 6.08 Å². The Bertz CT molecular complexity index is 1000. The Morgan fingerprint density at radius 2 is 2.00 bits per heavy atom. The lowest BCUT2D eigenvalue weighted by Gasteiger charge is -2.36. The van der Waals surface area contributed by atoms with E-state index in [1.807, 2.05) is 26.8 Å². The van der Waals surface area contributed by atoms with Gasteiger partial charge in [0.25, 0.3) is 5.91 Å². The lowest BCUT2D eigenvalue weighted by molar-refractivity contribution is -0.114. The van der Waals surface area contributed by atoms with Gasteiger partial charge in [0.15, 0.2) is 0 Å². The van der Waals surface area contributed by atoms with Crippen molar-refractivity contribution in [2.45, 2.75) is 26.4 Å². The fourth-order valence-electron chi connectivity index (χ4n) is 3.09. The number of carbonyl (C=O) groups is 2. The topological polar surface area (TPSA) is 128 Å². The number of nitrogens with one attached hydrogen (secondary N) is 1. The van der Waals surface area contributed by atoms with Gasteiger partial charge in [-0.25, -0.2) is 9.78 Å². The van der Waals surface area contributed by atoms with Crippen LogP contribution in [0.15, 0.2) is 24.0 Å². The Hall–Kier alpha value is -3.54. The van der Waals surface area contributed by atoms with E-state index in [9.17, 15) is 9.59 Å². The highest BCUT2D eigenvalue weighted by atomic mass is 16.6. The highest BCUT2D eigenvalue weighted by Gasteiger charge is 2.26. The molecule has 3 rings (SSSR count). The molecule has 1 aliphatic heterocycles. The number of anilines is 1. The molecule has 2 aromatic heterocycles. The third kappa shape index (κ3) is 4.66. The Labute approximate surface area is 168 Å². The van der Waals surface area contributed by atoms with Gasteiger partial charge in [0, 0.05) is 43.3 Å². The Kier molecular flexibility index (Phi) is 5.46. The second-order valence-corrected chi connectivity index (χ2v) is 7.82. The molecular weight excluding hydrogens is 372 g/mol. The molecule has 0 bridgehead atoms. The third-order valence-electron chi connectivity index (χ3n) is 4.53. The van der Waals surface area contributed by atoms with Gasteiger partial charge in [0.2, 0.25) is 0 Å². The molecule has 29 heavy (non-hydrogen) atoms. The molecule has 0 aromatic carbocycles. The molecule has 0 unspecified atom stereocenters. The summed E-state index contributed by atoms with van der Waals surface area (Å²) in [4.78, 5) is 34.8. The number of primary amides is 1.